The highest BCUT2D eigenvalue weighted by molar-refractivity contribution is 7.86. The molecule has 1 aromatic carbocycles. The number of benzene rings is 1. The van der Waals surface area contributed by atoms with Crippen molar-refractivity contribution in [3.63, 3.8) is 0 Å². The molecule has 152 valence electrons. The monoisotopic (exact) mass is 429 g/mol. The van der Waals surface area contributed by atoms with Crippen LogP contribution in [0.1, 0.15) is 6.42 Å². The third-order valence-corrected chi connectivity index (χ3v) is 4.65. The summed E-state index contributed by atoms with van der Waals surface area (Å²) in [4.78, 5) is 34.9. The van der Waals surface area contributed by atoms with Crippen LogP contribution in [0.3, 0.4) is 0 Å². The van der Waals surface area contributed by atoms with Gasteiger partial charge in [0.2, 0.25) is 34.8 Å². The molecule has 0 radical (unpaired) electrons. The molecule has 0 fully saturated rings. The molecule has 0 aliphatic carbocycles. The van der Waals surface area contributed by atoms with E-state index in [9.17, 15) is 44.8 Å². The fourth-order valence-electron chi connectivity index (χ4n) is 2.09. The Morgan fingerprint density at radius 2 is 1.39 bits per heavy atom. The Morgan fingerprint density at radius 3 is 1.82 bits per heavy atom. The number of halogens is 5. The number of carbonyl (C=O) groups excluding carboxylic acids is 3. The van der Waals surface area contributed by atoms with Crippen molar-refractivity contribution in [2.24, 2.45) is 0 Å². The van der Waals surface area contributed by atoms with Crippen LogP contribution in [-0.4, -0.2) is 47.4 Å². The predicted molar refractivity (Wildman–Crippen MR) is 77.7 cm³/mol. The fourth-order valence-corrected chi connectivity index (χ4v) is 2.78. The number of rotatable bonds is 6. The van der Waals surface area contributed by atoms with E-state index in [1.54, 1.807) is 0 Å². The van der Waals surface area contributed by atoms with Gasteiger partial charge in [0.15, 0.2) is 0 Å². The molecule has 1 N–H and O–H groups in total. The first-order valence-electron chi connectivity index (χ1n) is 7.06. The number of hydrogen-bond donors (Lipinski definition) is 1. The van der Waals surface area contributed by atoms with E-state index in [1.165, 1.54) is 0 Å². The SMILES string of the molecule is O=C(CC(CN1C(=O)C=CC1=O)S(=O)(=O)O)Oc1c(F)c(F)c(F)c(F)c1F. The van der Waals surface area contributed by atoms with Crippen molar-refractivity contribution in [2.75, 3.05) is 6.54 Å². The van der Waals surface area contributed by atoms with Crippen LogP contribution in [0.15, 0.2) is 12.2 Å². The second-order valence-electron chi connectivity index (χ2n) is 5.33. The highest BCUT2D eigenvalue weighted by atomic mass is 32.2. The summed E-state index contributed by atoms with van der Waals surface area (Å²) in [6.45, 7) is -1.03. The van der Waals surface area contributed by atoms with E-state index >= 15 is 0 Å². The van der Waals surface area contributed by atoms with E-state index in [0.717, 1.165) is 12.2 Å². The number of esters is 1. The molecule has 28 heavy (non-hydrogen) atoms. The van der Waals surface area contributed by atoms with E-state index in [1.807, 2.05) is 0 Å². The third kappa shape index (κ3) is 4.17. The summed E-state index contributed by atoms with van der Waals surface area (Å²) < 4.78 is 102. The van der Waals surface area contributed by atoms with Crippen molar-refractivity contribution < 1.29 is 54.0 Å². The van der Waals surface area contributed by atoms with Crippen molar-refractivity contribution in [2.45, 2.75) is 11.7 Å². The second kappa shape index (κ2) is 7.63. The molecule has 1 atom stereocenters. The molecule has 0 saturated heterocycles. The molecule has 0 spiro atoms. The smallest absolute Gasteiger partial charge is 0.312 e. The molecule has 2 rings (SSSR count). The largest absolute Gasteiger partial charge is 0.420 e. The van der Waals surface area contributed by atoms with Crippen LogP contribution in [0.4, 0.5) is 22.0 Å². The van der Waals surface area contributed by atoms with E-state index < -0.39 is 81.0 Å². The van der Waals surface area contributed by atoms with Crippen LogP contribution in [0.2, 0.25) is 0 Å². The summed E-state index contributed by atoms with van der Waals surface area (Å²) in [6.07, 6.45) is 0.169. The molecule has 14 heteroatoms. The van der Waals surface area contributed by atoms with E-state index in [4.69, 9.17) is 4.55 Å². The first kappa shape index (κ1) is 21.4. The average molecular weight is 429 g/mol. The van der Waals surface area contributed by atoms with Gasteiger partial charge >= 0.3 is 5.97 Å². The molecule has 1 heterocycles. The van der Waals surface area contributed by atoms with Gasteiger partial charge in [-0.15, -0.1) is 0 Å². The molecular formula is C14H8F5NO7S. The molecule has 1 aromatic rings. The molecule has 1 unspecified atom stereocenters. The molecular weight excluding hydrogens is 421 g/mol. The highest BCUT2D eigenvalue weighted by Crippen LogP contribution is 2.29. The Labute approximate surface area is 152 Å². The van der Waals surface area contributed by atoms with Crippen LogP contribution in [0.25, 0.3) is 0 Å². The molecule has 1 aliphatic heterocycles. The van der Waals surface area contributed by atoms with Crippen molar-refractivity contribution in [3.05, 3.63) is 41.2 Å². The molecule has 2 amide bonds. The van der Waals surface area contributed by atoms with Gasteiger partial charge in [0.25, 0.3) is 21.9 Å². The van der Waals surface area contributed by atoms with E-state index in [-0.39, 0.29) is 0 Å². The summed E-state index contributed by atoms with van der Waals surface area (Å²) >= 11 is 0. The number of hydrogen-bond acceptors (Lipinski definition) is 6. The summed E-state index contributed by atoms with van der Waals surface area (Å²) in [7, 11) is -5.10. The van der Waals surface area contributed by atoms with Crippen LogP contribution >= 0.6 is 0 Å². The Hall–Kier alpha value is -2.87. The minimum Gasteiger partial charge on any atom is -0.420 e. The van der Waals surface area contributed by atoms with E-state index in [2.05, 4.69) is 4.74 Å². The van der Waals surface area contributed by atoms with Gasteiger partial charge in [-0.3, -0.25) is 23.8 Å². The van der Waals surface area contributed by atoms with E-state index in [0.29, 0.717) is 4.90 Å². The van der Waals surface area contributed by atoms with Gasteiger partial charge in [0.1, 0.15) is 5.25 Å². The highest BCUT2D eigenvalue weighted by Gasteiger charge is 2.35. The number of nitrogens with zero attached hydrogens (tertiary/aromatic N) is 1. The van der Waals surface area contributed by atoms with Gasteiger partial charge < -0.3 is 4.74 Å². The van der Waals surface area contributed by atoms with Crippen LogP contribution in [0, 0.1) is 29.1 Å². The Kier molecular flexibility index (Phi) is 5.84. The summed E-state index contributed by atoms with van der Waals surface area (Å²) in [5.74, 6) is -18.0. The normalized spacial score (nSPS) is 15.3. The zero-order chi connectivity index (χ0) is 21.4. The zero-order valence-electron chi connectivity index (χ0n) is 13.3. The molecule has 1 aliphatic rings. The van der Waals surface area contributed by atoms with Crippen molar-refractivity contribution in [1.29, 1.82) is 0 Å². The lowest BCUT2D eigenvalue weighted by Crippen LogP contribution is -2.41. The molecule has 8 nitrogen and oxygen atoms in total. The van der Waals surface area contributed by atoms with Crippen LogP contribution in [-0.2, 0) is 24.5 Å². The Balaban J connectivity index is 2.24. The Morgan fingerprint density at radius 1 is 0.964 bits per heavy atom. The van der Waals surface area contributed by atoms with Crippen molar-refractivity contribution in [3.8, 4) is 5.75 Å². The zero-order valence-corrected chi connectivity index (χ0v) is 14.1. The summed E-state index contributed by atoms with van der Waals surface area (Å²) in [6, 6.07) is 0. The van der Waals surface area contributed by atoms with Gasteiger partial charge in [-0.2, -0.15) is 17.2 Å². The fraction of sp³-hybridized carbons (Fsp3) is 0.214. The number of ether oxygens (including phenoxy) is 1. The van der Waals surface area contributed by atoms with Crippen molar-refractivity contribution >= 4 is 27.9 Å². The van der Waals surface area contributed by atoms with Gasteiger partial charge in [-0.1, -0.05) is 0 Å². The lowest BCUT2D eigenvalue weighted by Gasteiger charge is -2.19. The Bertz CT molecular complexity index is 961. The van der Waals surface area contributed by atoms with Gasteiger partial charge in [0, 0.05) is 18.7 Å². The minimum atomic E-state index is -5.10. The average Bonchev–Trinajstić information content (AvgIpc) is 2.92. The quantitative estimate of drug-likeness (QED) is 0.136. The maximum absolute atomic E-state index is 13.5. The predicted octanol–water partition coefficient (Wildman–Crippen LogP) is 0.859. The topological polar surface area (TPSA) is 118 Å². The van der Waals surface area contributed by atoms with Crippen LogP contribution in [0.5, 0.6) is 5.75 Å². The van der Waals surface area contributed by atoms with Crippen molar-refractivity contribution in [1.82, 2.24) is 4.90 Å². The number of amides is 2. The molecule has 0 aromatic heterocycles. The lowest BCUT2D eigenvalue weighted by molar-refractivity contribution is -0.139. The number of carbonyl (C=O) groups is 3. The number of imide groups is 1. The third-order valence-electron chi connectivity index (χ3n) is 3.49. The van der Waals surface area contributed by atoms with Gasteiger partial charge in [-0.05, 0) is 0 Å². The first-order valence-corrected chi connectivity index (χ1v) is 8.56. The second-order valence-corrected chi connectivity index (χ2v) is 7.03. The first-order chi connectivity index (χ1) is 12.8. The maximum atomic E-state index is 13.5. The van der Waals surface area contributed by atoms with Gasteiger partial charge in [-0.25, -0.2) is 13.2 Å². The maximum Gasteiger partial charge on any atom is 0.312 e. The molecule has 0 saturated carbocycles. The lowest BCUT2D eigenvalue weighted by atomic mass is 10.2. The van der Waals surface area contributed by atoms with Gasteiger partial charge in [0.05, 0.1) is 6.42 Å². The summed E-state index contributed by atoms with van der Waals surface area (Å²) in [5, 5.41) is -2.19. The summed E-state index contributed by atoms with van der Waals surface area (Å²) in [5.41, 5.74) is 0. The standard InChI is InChI=1S/C14H8F5NO7S/c15-9-10(16)12(18)14(13(19)11(9)17)27-8(23)3-5(28(24,25)26)4-20-6(21)1-2-7(20)22/h1-2,5H,3-4H2,(H,24,25,26). The minimum absolute atomic E-state index is 0.337. The molecule has 0 bridgehead atoms. The van der Waals surface area contributed by atoms with Crippen LogP contribution < -0.4 is 4.74 Å².